The summed E-state index contributed by atoms with van der Waals surface area (Å²) in [7, 11) is 0. The first-order valence-electron chi connectivity index (χ1n) is 7.11. The van der Waals surface area contributed by atoms with Crippen LogP contribution in [0.1, 0.15) is 35.0 Å². The minimum absolute atomic E-state index is 0.155. The molecule has 108 valence electrons. The van der Waals surface area contributed by atoms with Gasteiger partial charge >= 0.3 is 0 Å². The maximum Gasteiger partial charge on any atom is 0.147 e. The van der Waals surface area contributed by atoms with Gasteiger partial charge < -0.3 is 10.3 Å². The molecule has 2 atom stereocenters. The number of nitrogens with zero attached hydrogens (tertiary/aromatic N) is 4. The van der Waals surface area contributed by atoms with Crippen molar-refractivity contribution >= 4 is 11.3 Å². The molecule has 5 nitrogen and oxygen atoms in total. The lowest BCUT2D eigenvalue weighted by molar-refractivity contribution is 0.132. The highest BCUT2D eigenvalue weighted by atomic mass is 32.1. The largest absolute Gasteiger partial charge is 0.326 e. The van der Waals surface area contributed by atoms with Gasteiger partial charge in [0.25, 0.3) is 0 Å². The van der Waals surface area contributed by atoms with E-state index in [0.29, 0.717) is 0 Å². The highest BCUT2D eigenvalue weighted by Gasteiger charge is 2.30. The molecule has 0 saturated carbocycles. The minimum atomic E-state index is 0.155. The Balaban J connectivity index is 1.87. The predicted molar refractivity (Wildman–Crippen MR) is 80.5 cm³/mol. The summed E-state index contributed by atoms with van der Waals surface area (Å²) in [5, 5.41) is 8.20. The van der Waals surface area contributed by atoms with E-state index in [2.05, 4.69) is 45.6 Å². The average molecular weight is 291 g/mol. The van der Waals surface area contributed by atoms with Crippen LogP contribution in [0.15, 0.2) is 18.5 Å². The third kappa shape index (κ3) is 2.51. The first kappa shape index (κ1) is 13.7. The summed E-state index contributed by atoms with van der Waals surface area (Å²) in [6, 6.07) is 4.84. The summed E-state index contributed by atoms with van der Waals surface area (Å²) in [6.07, 6.45) is 2.79. The monoisotopic (exact) mass is 291 g/mol. The van der Waals surface area contributed by atoms with Gasteiger partial charge in [0.05, 0.1) is 12.6 Å². The zero-order valence-electron chi connectivity index (χ0n) is 12.0. The Morgan fingerprint density at radius 2 is 2.25 bits per heavy atom. The van der Waals surface area contributed by atoms with Gasteiger partial charge in [0.1, 0.15) is 12.2 Å². The highest BCUT2D eigenvalue weighted by molar-refractivity contribution is 7.12. The number of rotatable bonds is 4. The molecular weight excluding hydrogens is 270 g/mol. The smallest absolute Gasteiger partial charge is 0.147 e. The van der Waals surface area contributed by atoms with E-state index < -0.39 is 0 Å². The predicted octanol–water partition coefficient (Wildman–Crippen LogP) is 1.94. The number of aryl methyl sites for hydroxylation is 1. The molecule has 0 radical (unpaired) electrons. The van der Waals surface area contributed by atoms with Gasteiger partial charge in [0.15, 0.2) is 0 Å². The Bertz CT molecular complexity index is 576. The number of hydrogen-bond donors (Lipinski definition) is 1. The Kier molecular flexibility index (Phi) is 3.87. The van der Waals surface area contributed by atoms with Gasteiger partial charge in [-0.15, -0.1) is 21.5 Å². The lowest BCUT2D eigenvalue weighted by Crippen LogP contribution is -2.44. The lowest BCUT2D eigenvalue weighted by atomic mass is 10.0. The molecule has 0 spiro atoms. The van der Waals surface area contributed by atoms with Gasteiger partial charge in [-0.2, -0.15) is 0 Å². The van der Waals surface area contributed by atoms with Crippen molar-refractivity contribution in [2.24, 2.45) is 5.73 Å². The van der Waals surface area contributed by atoms with Crippen LogP contribution in [-0.2, 0) is 13.1 Å². The molecule has 2 aromatic heterocycles. The quantitative estimate of drug-likeness (QED) is 0.935. The van der Waals surface area contributed by atoms with Gasteiger partial charge in [-0.1, -0.05) is 6.92 Å². The highest BCUT2D eigenvalue weighted by Crippen LogP contribution is 2.32. The molecule has 3 heterocycles. The molecular formula is C14H21N5S. The Morgan fingerprint density at radius 1 is 1.40 bits per heavy atom. The van der Waals surface area contributed by atoms with Crippen molar-refractivity contribution in [3.8, 4) is 0 Å². The number of hydrogen-bond acceptors (Lipinski definition) is 5. The van der Waals surface area contributed by atoms with Gasteiger partial charge in [-0.3, -0.25) is 4.90 Å². The van der Waals surface area contributed by atoms with Crippen molar-refractivity contribution in [1.82, 2.24) is 19.7 Å². The molecule has 1 aliphatic rings. The van der Waals surface area contributed by atoms with E-state index in [-0.39, 0.29) is 12.1 Å². The van der Waals surface area contributed by atoms with Crippen LogP contribution < -0.4 is 5.73 Å². The van der Waals surface area contributed by atoms with E-state index in [4.69, 9.17) is 5.73 Å². The average Bonchev–Trinajstić information content (AvgIpc) is 3.07. The van der Waals surface area contributed by atoms with Crippen molar-refractivity contribution in [3.05, 3.63) is 34.0 Å². The second-order valence-corrected chi connectivity index (χ2v) is 6.70. The maximum absolute atomic E-state index is 6.41. The van der Waals surface area contributed by atoms with Crippen molar-refractivity contribution in [1.29, 1.82) is 0 Å². The fraction of sp³-hybridized carbons (Fsp3) is 0.571. The molecule has 0 aromatic carbocycles. The molecule has 2 unspecified atom stereocenters. The fourth-order valence-corrected chi connectivity index (χ4v) is 3.91. The molecule has 2 N–H and O–H groups in total. The fourth-order valence-electron chi connectivity index (χ4n) is 2.82. The Morgan fingerprint density at radius 3 is 2.95 bits per heavy atom. The van der Waals surface area contributed by atoms with Gasteiger partial charge in [-0.05, 0) is 25.5 Å². The first-order chi connectivity index (χ1) is 9.69. The van der Waals surface area contributed by atoms with E-state index >= 15 is 0 Å². The van der Waals surface area contributed by atoms with Crippen molar-refractivity contribution in [3.63, 3.8) is 0 Å². The molecule has 20 heavy (non-hydrogen) atoms. The number of fused-ring (bicyclic) bond motifs is 1. The van der Waals surface area contributed by atoms with Crippen LogP contribution in [0, 0.1) is 6.92 Å². The third-order valence-electron chi connectivity index (χ3n) is 3.99. The molecule has 0 amide bonds. The van der Waals surface area contributed by atoms with Crippen LogP contribution in [0.2, 0.25) is 0 Å². The lowest BCUT2D eigenvalue weighted by Gasteiger charge is -2.36. The number of nitrogens with two attached hydrogens (primary N) is 1. The summed E-state index contributed by atoms with van der Waals surface area (Å²) in [6.45, 7) is 7.08. The van der Waals surface area contributed by atoms with Gasteiger partial charge in [-0.25, -0.2) is 0 Å². The first-order valence-corrected chi connectivity index (χ1v) is 7.93. The summed E-state index contributed by atoms with van der Waals surface area (Å²) in [4.78, 5) is 5.15. The van der Waals surface area contributed by atoms with Crippen LogP contribution in [0.25, 0.3) is 0 Å². The SMILES string of the molecule is CCC(N)C(c1ccc(C)s1)N1CCn2cnnc2C1. The molecule has 2 aromatic rings. The van der Waals surface area contributed by atoms with E-state index in [1.807, 2.05) is 17.7 Å². The Hall–Kier alpha value is -1.24. The van der Waals surface area contributed by atoms with E-state index in [1.54, 1.807) is 0 Å². The van der Waals surface area contributed by atoms with Crippen molar-refractivity contribution in [2.75, 3.05) is 6.54 Å². The molecule has 0 fully saturated rings. The summed E-state index contributed by atoms with van der Waals surface area (Å²) < 4.78 is 2.13. The standard InChI is InChI=1S/C14H21N5S/c1-3-11(15)14(12-5-4-10(2)20-12)18-6-7-19-9-16-17-13(19)8-18/h4-5,9,11,14H,3,6-8,15H2,1-2H3. The van der Waals surface area contributed by atoms with Gasteiger partial charge in [0, 0.05) is 28.9 Å². The van der Waals surface area contributed by atoms with Crippen LogP contribution >= 0.6 is 11.3 Å². The molecule has 0 aliphatic carbocycles. The van der Waals surface area contributed by atoms with Crippen LogP contribution in [0.3, 0.4) is 0 Å². The maximum atomic E-state index is 6.41. The second kappa shape index (κ2) is 5.63. The molecule has 1 aliphatic heterocycles. The van der Waals surface area contributed by atoms with E-state index in [1.165, 1.54) is 9.75 Å². The zero-order valence-corrected chi connectivity index (χ0v) is 12.8. The minimum Gasteiger partial charge on any atom is -0.326 e. The summed E-state index contributed by atoms with van der Waals surface area (Å²) in [5.41, 5.74) is 6.41. The third-order valence-corrected chi connectivity index (χ3v) is 5.06. The summed E-state index contributed by atoms with van der Waals surface area (Å²) in [5.74, 6) is 1.04. The second-order valence-electron chi connectivity index (χ2n) is 5.38. The van der Waals surface area contributed by atoms with Crippen LogP contribution in [-0.4, -0.2) is 32.3 Å². The summed E-state index contributed by atoms with van der Waals surface area (Å²) >= 11 is 1.85. The van der Waals surface area contributed by atoms with Crippen LogP contribution in [0.4, 0.5) is 0 Å². The normalized spacial score (nSPS) is 18.8. The molecule has 0 bridgehead atoms. The van der Waals surface area contributed by atoms with Gasteiger partial charge in [0.2, 0.25) is 0 Å². The van der Waals surface area contributed by atoms with Crippen molar-refractivity contribution in [2.45, 2.75) is 45.4 Å². The number of aromatic nitrogens is 3. The topological polar surface area (TPSA) is 60.0 Å². The van der Waals surface area contributed by atoms with E-state index in [9.17, 15) is 0 Å². The zero-order chi connectivity index (χ0) is 14.1. The molecule has 6 heteroatoms. The molecule has 0 saturated heterocycles. The van der Waals surface area contributed by atoms with Crippen molar-refractivity contribution < 1.29 is 0 Å². The van der Waals surface area contributed by atoms with Crippen LogP contribution in [0.5, 0.6) is 0 Å². The molecule has 3 rings (SSSR count). The van der Waals surface area contributed by atoms with E-state index in [0.717, 1.165) is 31.9 Å². The number of thiophene rings is 1. The Labute approximate surface area is 123 Å².